The molecule has 8 rings (SSSR count). The first-order chi connectivity index (χ1) is 26.6. The number of nitrogens with two attached hydrogens (primary N) is 1. The first kappa shape index (κ1) is 34.1. The molecule has 0 heterocycles. The van der Waals surface area contributed by atoms with Crippen LogP contribution in [-0.4, -0.2) is 0 Å². The van der Waals surface area contributed by atoms with Gasteiger partial charge in [-0.25, -0.2) is 0 Å². The molecule has 0 spiro atoms. The van der Waals surface area contributed by atoms with Gasteiger partial charge in [-0.3, -0.25) is 0 Å². The van der Waals surface area contributed by atoms with E-state index in [0.29, 0.717) is 0 Å². The summed E-state index contributed by atoms with van der Waals surface area (Å²) in [6.07, 6.45) is 5.92. The summed E-state index contributed by atoms with van der Waals surface area (Å²) in [6.45, 7) is 2.00. The van der Waals surface area contributed by atoms with Gasteiger partial charge in [-0.15, -0.1) is 0 Å². The van der Waals surface area contributed by atoms with Crippen LogP contribution in [0.1, 0.15) is 12.5 Å². The Balaban J connectivity index is 1.23. The Morgan fingerprint density at radius 3 is 0.963 bits per heavy atom. The molecule has 0 bridgehead atoms. The average Bonchev–Trinajstić information content (AvgIpc) is 3.26. The summed E-state index contributed by atoms with van der Waals surface area (Å²) in [6, 6.07) is 72.0. The average molecular weight is 692 g/mol. The van der Waals surface area contributed by atoms with E-state index in [-0.39, 0.29) is 0 Å². The van der Waals surface area contributed by atoms with Gasteiger partial charge in [-0.2, -0.15) is 0 Å². The molecule has 0 unspecified atom stereocenters. The van der Waals surface area contributed by atoms with Crippen LogP contribution in [0.5, 0.6) is 0 Å². The van der Waals surface area contributed by atoms with E-state index in [0.717, 1.165) is 44.6 Å². The molecule has 54 heavy (non-hydrogen) atoms. The Morgan fingerprint density at radius 2 is 0.593 bits per heavy atom. The highest BCUT2D eigenvalue weighted by Crippen LogP contribution is 2.37. The minimum atomic E-state index is 0.738. The van der Waals surface area contributed by atoms with E-state index in [2.05, 4.69) is 200 Å². The highest BCUT2D eigenvalue weighted by atomic mass is 14.6. The largest absolute Gasteiger partial charge is 0.398 e. The lowest BCUT2D eigenvalue weighted by Crippen LogP contribution is -1.96. The van der Waals surface area contributed by atoms with E-state index in [1.165, 1.54) is 44.5 Å². The topological polar surface area (TPSA) is 26.0 Å². The van der Waals surface area contributed by atoms with Gasteiger partial charge < -0.3 is 5.73 Å². The molecule has 0 aliphatic heterocycles. The minimum Gasteiger partial charge on any atom is -0.398 e. The molecule has 0 saturated carbocycles. The van der Waals surface area contributed by atoms with Crippen molar-refractivity contribution >= 4 is 5.70 Å². The Kier molecular flexibility index (Phi) is 9.95. The molecule has 8 aromatic carbocycles. The molecule has 0 saturated heterocycles. The van der Waals surface area contributed by atoms with Gasteiger partial charge in [0.1, 0.15) is 0 Å². The molecular weight excluding hydrogens is 651 g/mol. The molecule has 0 amide bonds. The fourth-order valence-corrected chi connectivity index (χ4v) is 7.08. The second kappa shape index (κ2) is 15.7. The van der Waals surface area contributed by atoms with Crippen LogP contribution < -0.4 is 5.73 Å². The number of hydrogen-bond acceptors (Lipinski definition) is 1. The first-order valence-corrected chi connectivity index (χ1v) is 18.5. The van der Waals surface area contributed by atoms with Crippen LogP contribution in [0.15, 0.2) is 218 Å². The van der Waals surface area contributed by atoms with E-state index in [1.807, 2.05) is 25.2 Å². The smallest absolute Gasteiger partial charge is 0.0387 e. The van der Waals surface area contributed by atoms with E-state index in [9.17, 15) is 0 Å². The SMILES string of the molecule is C/C=C\C=C(/N)c1cccc(-c2cc(-c3cccc(-c4cccc(-c5ccccc5)c4)c3)cc(-c3cccc(-c4cccc(-c5ccccc5)c4)c3)c2)c1. The number of hydrogen-bond donors (Lipinski definition) is 1. The zero-order valence-electron chi connectivity index (χ0n) is 30.4. The molecule has 2 N–H and O–H groups in total. The van der Waals surface area contributed by atoms with Gasteiger partial charge in [0, 0.05) is 5.70 Å². The molecule has 8 aromatic rings. The lowest BCUT2D eigenvalue weighted by atomic mass is 9.90. The quantitative estimate of drug-likeness (QED) is 0.150. The van der Waals surface area contributed by atoms with Crippen LogP contribution in [0.25, 0.3) is 83.6 Å². The molecule has 1 nitrogen and oxygen atoms in total. The first-order valence-electron chi connectivity index (χ1n) is 18.5. The van der Waals surface area contributed by atoms with E-state index in [1.54, 1.807) is 0 Å². The molecule has 258 valence electrons. The predicted molar refractivity (Wildman–Crippen MR) is 231 cm³/mol. The van der Waals surface area contributed by atoms with E-state index in [4.69, 9.17) is 5.73 Å². The Morgan fingerprint density at radius 1 is 0.315 bits per heavy atom. The Hall–Kier alpha value is -6.96. The van der Waals surface area contributed by atoms with Gasteiger partial charge >= 0.3 is 0 Å². The maximum atomic E-state index is 6.52. The second-order valence-corrected chi connectivity index (χ2v) is 13.6. The normalized spacial score (nSPS) is 11.5. The molecule has 0 aromatic heterocycles. The van der Waals surface area contributed by atoms with Crippen molar-refractivity contribution in [1.29, 1.82) is 0 Å². The summed E-state index contributed by atoms with van der Waals surface area (Å²) in [5, 5.41) is 0. The van der Waals surface area contributed by atoms with Crippen LogP contribution in [-0.2, 0) is 0 Å². The summed E-state index contributed by atoms with van der Waals surface area (Å²) in [5.41, 5.74) is 24.7. The number of rotatable bonds is 9. The van der Waals surface area contributed by atoms with Crippen molar-refractivity contribution in [2.45, 2.75) is 6.92 Å². The lowest BCUT2D eigenvalue weighted by molar-refractivity contribution is 1.50. The summed E-state index contributed by atoms with van der Waals surface area (Å²) in [7, 11) is 0. The lowest BCUT2D eigenvalue weighted by Gasteiger charge is -2.14. The van der Waals surface area contributed by atoms with Crippen molar-refractivity contribution in [2.75, 3.05) is 0 Å². The second-order valence-electron chi connectivity index (χ2n) is 13.6. The van der Waals surface area contributed by atoms with Gasteiger partial charge in [-0.05, 0) is 145 Å². The fourth-order valence-electron chi connectivity index (χ4n) is 7.08. The molecule has 0 aliphatic rings. The van der Waals surface area contributed by atoms with Crippen molar-refractivity contribution in [2.24, 2.45) is 5.73 Å². The standard InChI is InChI=1S/C53H41N/c1-2-3-29-53(54)49-28-14-27-48(34-49)52-36-50(46-25-12-23-44(32-46)42-21-10-19-40(30-42)38-15-6-4-7-16-38)35-51(37-52)47-26-13-24-45(33-47)43-22-11-20-41(31-43)39-17-8-5-9-18-39/h2-37H,54H2,1H3/b3-2-,53-29-. The maximum absolute atomic E-state index is 6.52. The summed E-state index contributed by atoms with van der Waals surface area (Å²) < 4.78 is 0. The summed E-state index contributed by atoms with van der Waals surface area (Å²) >= 11 is 0. The van der Waals surface area contributed by atoms with Gasteiger partial charge in [0.05, 0.1) is 0 Å². The number of benzene rings is 8. The molecule has 0 aliphatic carbocycles. The van der Waals surface area contributed by atoms with Crippen molar-refractivity contribution in [1.82, 2.24) is 0 Å². The van der Waals surface area contributed by atoms with Crippen LogP contribution in [0.3, 0.4) is 0 Å². The molecular formula is C53H41N. The minimum absolute atomic E-state index is 0.738. The monoisotopic (exact) mass is 691 g/mol. The Labute approximate surface area is 319 Å². The van der Waals surface area contributed by atoms with Crippen LogP contribution in [0.2, 0.25) is 0 Å². The van der Waals surface area contributed by atoms with Crippen molar-refractivity contribution < 1.29 is 0 Å². The summed E-state index contributed by atoms with van der Waals surface area (Å²) in [5.74, 6) is 0. The highest BCUT2D eigenvalue weighted by molar-refractivity contribution is 5.86. The third-order valence-corrected chi connectivity index (χ3v) is 9.93. The van der Waals surface area contributed by atoms with Crippen LogP contribution in [0, 0.1) is 0 Å². The highest BCUT2D eigenvalue weighted by Gasteiger charge is 2.12. The van der Waals surface area contributed by atoms with Crippen molar-refractivity contribution in [3.63, 3.8) is 0 Å². The van der Waals surface area contributed by atoms with Gasteiger partial charge in [0.25, 0.3) is 0 Å². The number of allylic oxidation sites excluding steroid dienone is 3. The van der Waals surface area contributed by atoms with E-state index < -0.39 is 0 Å². The van der Waals surface area contributed by atoms with Crippen LogP contribution >= 0.6 is 0 Å². The molecule has 1 heteroatoms. The fraction of sp³-hybridized carbons (Fsp3) is 0.0189. The molecule has 0 fully saturated rings. The van der Waals surface area contributed by atoms with E-state index >= 15 is 0 Å². The van der Waals surface area contributed by atoms with Crippen LogP contribution in [0.4, 0.5) is 0 Å². The zero-order valence-corrected chi connectivity index (χ0v) is 30.4. The Bertz CT molecular complexity index is 2470. The zero-order chi connectivity index (χ0) is 36.7. The third kappa shape index (κ3) is 7.62. The predicted octanol–water partition coefficient (Wildman–Crippen LogP) is 14.2. The van der Waals surface area contributed by atoms with Crippen molar-refractivity contribution in [3.8, 4) is 77.9 Å². The van der Waals surface area contributed by atoms with Gasteiger partial charge in [-0.1, -0.05) is 164 Å². The van der Waals surface area contributed by atoms with Crippen molar-refractivity contribution in [3.05, 3.63) is 224 Å². The summed E-state index contributed by atoms with van der Waals surface area (Å²) in [4.78, 5) is 0. The third-order valence-electron chi connectivity index (χ3n) is 9.93. The maximum Gasteiger partial charge on any atom is 0.0387 e. The van der Waals surface area contributed by atoms with Gasteiger partial charge in [0.15, 0.2) is 0 Å². The molecule has 0 radical (unpaired) electrons. The molecule has 0 atom stereocenters. The van der Waals surface area contributed by atoms with Gasteiger partial charge in [0.2, 0.25) is 0 Å².